The Balaban J connectivity index is 1.36. The van der Waals surface area contributed by atoms with Crippen LogP contribution in [0.15, 0.2) is 42.9 Å². The molecule has 4 rings (SSSR count). The zero-order chi connectivity index (χ0) is 26.7. The number of pyridine rings is 1. The van der Waals surface area contributed by atoms with Crippen molar-refractivity contribution in [3.63, 3.8) is 0 Å². The predicted molar refractivity (Wildman–Crippen MR) is 127 cm³/mol. The molecule has 2 amide bonds. The van der Waals surface area contributed by atoms with Crippen molar-refractivity contribution in [3.8, 4) is 22.9 Å². The van der Waals surface area contributed by atoms with Crippen molar-refractivity contribution in [2.75, 3.05) is 13.1 Å². The maximum absolute atomic E-state index is 12.7. The zero-order valence-electron chi connectivity index (χ0n) is 20.3. The molecular formula is C25H26F3N5O4. The fourth-order valence-electron chi connectivity index (χ4n) is 4.14. The lowest BCUT2D eigenvalue weighted by atomic mass is 10.1. The number of aromatic nitrogens is 3. The Kier molecular flexibility index (Phi) is 7.37. The van der Waals surface area contributed by atoms with Gasteiger partial charge in [0.25, 0.3) is 5.91 Å². The number of alkyl halides is 3. The van der Waals surface area contributed by atoms with E-state index in [2.05, 4.69) is 14.7 Å². The van der Waals surface area contributed by atoms with Crippen LogP contribution in [0.1, 0.15) is 34.5 Å². The molecule has 0 spiro atoms. The number of hydrogen-bond acceptors (Lipinski definition) is 6. The number of primary amides is 1. The number of ether oxygens (including phenoxy) is 2. The predicted octanol–water partition coefficient (Wildman–Crippen LogP) is 3.40. The molecule has 0 saturated carbocycles. The lowest BCUT2D eigenvalue weighted by Gasteiger charge is -2.32. The van der Waals surface area contributed by atoms with Gasteiger partial charge in [-0.2, -0.15) is 0 Å². The smallest absolute Gasteiger partial charge is 0.474 e. The van der Waals surface area contributed by atoms with Crippen LogP contribution < -0.4 is 15.2 Å². The second-order valence-corrected chi connectivity index (χ2v) is 8.83. The Morgan fingerprint density at radius 1 is 1.16 bits per heavy atom. The largest absolute Gasteiger partial charge is 0.573 e. The summed E-state index contributed by atoms with van der Waals surface area (Å²) in [6.07, 6.45) is -0.483. The number of piperidine rings is 1. The number of rotatable bonds is 7. The number of benzene rings is 1. The zero-order valence-corrected chi connectivity index (χ0v) is 20.3. The van der Waals surface area contributed by atoms with Crippen LogP contribution >= 0.6 is 0 Å². The molecule has 12 heteroatoms. The lowest BCUT2D eigenvalue weighted by molar-refractivity contribution is -0.274. The van der Waals surface area contributed by atoms with Crippen LogP contribution in [0.2, 0.25) is 0 Å². The van der Waals surface area contributed by atoms with Crippen molar-refractivity contribution in [3.05, 3.63) is 59.7 Å². The maximum Gasteiger partial charge on any atom is 0.573 e. The van der Waals surface area contributed by atoms with Crippen LogP contribution in [0, 0.1) is 6.92 Å². The SMILES string of the molecule is Cc1nc(OC2CCN(C(=O)Cc3ccc(OC(F)(F)F)cc3)CC2)c(C(N)=O)cc1-c1cn(C)cn1. The molecule has 0 radical (unpaired) electrons. The molecule has 0 atom stereocenters. The fourth-order valence-corrected chi connectivity index (χ4v) is 4.14. The standard InChI is InChI=1S/C25H26F3N5O4/c1-15-19(21-13-32(2)14-30-21)12-20(23(29)35)24(31-15)36-17-7-9-33(10-8-17)22(34)11-16-3-5-18(6-4-16)37-25(26,27)28/h3-6,12-14,17H,7-11H2,1-2H3,(H2,29,35). The molecule has 1 aliphatic rings. The minimum Gasteiger partial charge on any atom is -0.474 e. The fraction of sp³-hybridized carbons (Fsp3) is 0.360. The third-order valence-electron chi connectivity index (χ3n) is 6.01. The van der Waals surface area contributed by atoms with Gasteiger partial charge in [0.15, 0.2) is 0 Å². The molecule has 1 fully saturated rings. The van der Waals surface area contributed by atoms with E-state index in [0.717, 1.165) is 0 Å². The van der Waals surface area contributed by atoms with E-state index in [1.165, 1.54) is 24.3 Å². The topological polar surface area (TPSA) is 113 Å². The highest BCUT2D eigenvalue weighted by Gasteiger charge is 2.31. The van der Waals surface area contributed by atoms with Crippen LogP contribution in [-0.4, -0.2) is 56.8 Å². The highest BCUT2D eigenvalue weighted by atomic mass is 19.4. The molecule has 37 heavy (non-hydrogen) atoms. The summed E-state index contributed by atoms with van der Waals surface area (Å²) in [5.74, 6) is -1.00. The van der Waals surface area contributed by atoms with Gasteiger partial charge >= 0.3 is 6.36 Å². The van der Waals surface area contributed by atoms with E-state index in [1.54, 1.807) is 28.8 Å². The molecule has 196 valence electrons. The van der Waals surface area contributed by atoms with Crippen LogP contribution in [0.25, 0.3) is 11.3 Å². The van der Waals surface area contributed by atoms with Crippen molar-refractivity contribution in [2.24, 2.45) is 12.8 Å². The van der Waals surface area contributed by atoms with Crippen molar-refractivity contribution < 1.29 is 32.2 Å². The van der Waals surface area contributed by atoms with E-state index in [9.17, 15) is 22.8 Å². The third kappa shape index (κ3) is 6.57. The molecule has 1 saturated heterocycles. The first kappa shape index (κ1) is 26.0. The van der Waals surface area contributed by atoms with Crippen LogP contribution in [0.4, 0.5) is 13.2 Å². The summed E-state index contributed by atoms with van der Waals surface area (Å²) in [6, 6.07) is 6.86. The van der Waals surface area contributed by atoms with Crippen LogP contribution in [-0.2, 0) is 18.3 Å². The van der Waals surface area contributed by atoms with Gasteiger partial charge in [-0.25, -0.2) is 9.97 Å². The highest BCUT2D eigenvalue weighted by molar-refractivity contribution is 5.96. The number of likely N-dealkylation sites (tertiary alicyclic amines) is 1. The lowest BCUT2D eigenvalue weighted by Crippen LogP contribution is -2.42. The summed E-state index contributed by atoms with van der Waals surface area (Å²) in [7, 11) is 1.84. The van der Waals surface area contributed by atoms with E-state index in [-0.39, 0.29) is 35.6 Å². The van der Waals surface area contributed by atoms with Crippen molar-refractivity contribution in [2.45, 2.75) is 38.7 Å². The van der Waals surface area contributed by atoms with Crippen LogP contribution in [0.5, 0.6) is 11.6 Å². The maximum atomic E-state index is 12.7. The molecule has 3 heterocycles. The average Bonchev–Trinajstić information content (AvgIpc) is 3.25. The Bertz CT molecular complexity index is 1280. The van der Waals surface area contributed by atoms with E-state index < -0.39 is 12.3 Å². The number of hydrogen-bond donors (Lipinski definition) is 1. The number of carbonyl (C=O) groups is 2. The second-order valence-electron chi connectivity index (χ2n) is 8.83. The van der Waals surface area contributed by atoms with Gasteiger partial charge in [-0.05, 0) is 30.7 Å². The molecule has 0 aliphatic carbocycles. The van der Waals surface area contributed by atoms with Gasteiger partial charge in [0.1, 0.15) is 17.4 Å². The Morgan fingerprint density at radius 3 is 2.41 bits per heavy atom. The van der Waals surface area contributed by atoms with Gasteiger partial charge in [0, 0.05) is 44.7 Å². The number of nitrogens with two attached hydrogens (primary N) is 1. The molecule has 0 bridgehead atoms. The highest BCUT2D eigenvalue weighted by Crippen LogP contribution is 2.29. The van der Waals surface area contributed by atoms with E-state index in [1.807, 2.05) is 13.2 Å². The molecular weight excluding hydrogens is 491 g/mol. The quantitative estimate of drug-likeness (QED) is 0.514. The number of amides is 2. The van der Waals surface area contributed by atoms with Gasteiger partial charge in [-0.15, -0.1) is 13.2 Å². The van der Waals surface area contributed by atoms with Gasteiger partial charge in [0.2, 0.25) is 11.8 Å². The minimum absolute atomic E-state index is 0.0549. The second kappa shape index (κ2) is 10.5. The first-order valence-electron chi connectivity index (χ1n) is 11.6. The third-order valence-corrected chi connectivity index (χ3v) is 6.01. The summed E-state index contributed by atoms with van der Waals surface area (Å²) in [5.41, 5.74) is 8.31. The first-order valence-corrected chi connectivity index (χ1v) is 11.6. The number of carbonyl (C=O) groups excluding carboxylic acids is 2. The van der Waals surface area contributed by atoms with Crippen molar-refractivity contribution in [1.82, 2.24) is 19.4 Å². The van der Waals surface area contributed by atoms with Crippen LogP contribution in [0.3, 0.4) is 0 Å². The van der Waals surface area contributed by atoms with E-state index in [0.29, 0.717) is 48.4 Å². The molecule has 0 unspecified atom stereocenters. The normalized spacial score (nSPS) is 14.5. The van der Waals surface area contributed by atoms with Gasteiger partial charge in [0.05, 0.1) is 24.1 Å². The van der Waals surface area contributed by atoms with Gasteiger partial charge in [-0.3, -0.25) is 9.59 Å². The van der Waals surface area contributed by atoms with Gasteiger partial charge < -0.3 is 24.7 Å². The number of nitrogens with zero attached hydrogens (tertiary/aromatic N) is 4. The molecule has 9 nitrogen and oxygen atoms in total. The Labute approximate surface area is 211 Å². The summed E-state index contributed by atoms with van der Waals surface area (Å²) < 4.78 is 48.6. The Hall–Kier alpha value is -4.09. The first-order chi connectivity index (χ1) is 17.5. The Morgan fingerprint density at radius 2 is 1.84 bits per heavy atom. The summed E-state index contributed by atoms with van der Waals surface area (Å²) in [4.78, 5) is 35.3. The average molecular weight is 518 g/mol. The van der Waals surface area contributed by atoms with Gasteiger partial charge in [-0.1, -0.05) is 12.1 Å². The summed E-state index contributed by atoms with van der Waals surface area (Å²) in [6.45, 7) is 2.65. The summed E-state index contributed by atoms with van der Waals surface area (Å²) >= 11 is 0. The number of aryl methyl sites for hydroxylation is 2. The molecule has 2 aromatic heterocycles. The van der Waals surface area contributed by atoms with Crippen molar-refractivity contribution >= 4 is 11.8 Å². The monoisotopic (exact) mass is 517 g/mol. The minimum atomic E-state index is -4.77. The molecule has 3 aromatic rings. The number of halogens is 3. The molecule has 1 aliphatic heterocycles. The number of imidazole rings is 1. The summed E-state index contributed by atoms with van der Waals surface area (Å²) in [5, 5.41) is 0. The van der Waals surface area contributed by atoms with Crippen molar-refractivity contribution in [1.29, 1.82) is 0 Å². The van der Waals surface area contributed by atoms with E-state index in [4.69, 9.17) is 10.5 Å². The van der Waals surface area contributed by atoms with E-state index >= 15 is 0 Å². The molecule has 1 aromatic carbocycles. The molecule has 2 N–H and O–H groups in total.